The second-order valence-corrected chi connectivity index (χ2v) is 15.2. The fourth-order valence-corrected chi connectivity index (χ4v) is 8.22. The van der Waals surface area contributed by atoms with E-state index in [-0.39, 0.29) is 24.3 Å². The van der Waals surface area contributed by atoms with Crippen LogP contribution in [0.15, 0.2) is 79.3 Å². The fraction of sp³-hybridized carbons (Fsp3) is 0.465. The lowest BCUT2D eigenvalue weighted by molar-refractivity contribution is -0.118. The summed E-state index contributed by atoms with van der Waals surface area (Å²) in [6.07, 6.45) is 13.3. The minimum absolute atomic E-state index is 0.102. The maximum Gasteiger partial charge on any atom is 0.410 e. The van der Waals surface area contributed by atoms with Crippen molar-refractivity contribution in [3.05, 3.63) is 123 Å². The van der Waals surface area contributed by atoms with E-state index in [2.05, 4.69) is 58.6 Å². The molecule has 2 unspecified atom stereocenters. The molecule has 52 heavy (non-hydrogen) atoms. The average Bonchev–Trinajstić information content (AvgIpc) is 3.50. The molecule has 2 amide bonds. The van der Waals surface area contributed by atoms with Gasteiger partial charge in [-0.2, -0.15) is 0 Å². The fourth-order valence-electron chi connectivity index (χ4n) is 8.03. The van der Waals surface area contributed by atoms with Crippen molar-refractivity contribution in [2.24, 2.45) is 0 Å². The van der Waals surface area contributed by atoms with Crippen molar-refractivity contribution in [3.63, 3.8) is 0 Å². The van der Waals surface area contributed by atoms with Crippen LogP contribution in [0.3, 0.4) is 0 Å². The SMILES string of the molecule is Cc1ccc2c(c1)CCc1cc(Cl)ccc1C2N1CCN(C(=O)OC2CCCCC2)C(C)C1.Cc1cn(CCCN(C=O)Cc2ccccc2)cn1. The van der Waals surface area contributed by atoms with Crippen LogP contribution in [-0.2, 0) is 35.5 Å². The Hall–Kier alpha value is -4.14. The van der Waals surface area contributed by atoms with Gasteiger partial charge in [0.1, 0.15) is 6.10 Å². The molecule has 1 aliphatic heterocycles. The lowest BCUT2D eigenvalue weighted by Crippen LogP contribution is -2.55. The van der Waals surface area contributed by atoms with Crippen LogP contribution < -0.4 is 0 Å². The van der Waals surface area contributed by atoms with E-state index < -0.39 is 0 Å². The summed E-state index contributed by atoms with van der Waals surface area (Å²) in [6.45, 7) is 11.0. The summed E-state index contributed by atoms with van der Waals surface area (Å²) in [7, 11) is 0. The number of ether oxygens (including phenoxy) is 1. The molecule has 2 fully saturated rings. The lowest BCUT2D eigenvalue weighted by Gasteiger charge is -2.43. The van der Waals surface area contributed by atoms with Crippen molar-refractivity contribution in [1.82, 2.24) is 24.3 Å². The first-order valence-corrected chi connectivity index (χ1v) is 19.5. The van der Waals surface area contributed by atoms with Gasteiger partial charge < -0.3 is 19.1 Å². The molecule has 2 aliphatic carbocycles. The number of fused-ring (bicyclic) bond motifs is 2. The van der Waals surface area contributed by atoms with E-state index in [1.165, 1.54) is 47.1 Å². The van der Waals surface area contributed by atoms with Gasteiger partial charge in [0.05, 0.1) is 18.1 Å². The van der Waals surface area contributed by atoms with Crippen molar-refractivity contribution >= 4 is 24.1 Å². The minimum Gasteiger partial charge on any atom is -0.446 e. The number of hydrogen-bond acceptors (Lipinski definition) is 5. The number of nitrogens with zero attached hydrogens (tertiary/aromatic N) is 5. The number of carbonyl (C=O) groups excluding carboxylic acids is 2. The number of rotatable bonds is 9. The molecule has 1 aromatic heterocycles. The van der Waals surface area contributed by atoms with Gasteiger partial charge in [0.15, 0.2) is 0 Å². The molecule has 8 nitrogen and oxygen atoms in total. The number of aryl methyl sites for hydroxylation is 5. The van der Waals surface area contributed by atoms with Gasteiger partial charge in [-0.3, -0.25) is 9.69 Å². The van der Waals surface area contributed by atoms with E-state index in [0.29, 0.717) is 13.1 Å². The monoisotopic (exact) mass is 723 g/mol. The van der Waals surface area contributed by atoms with Crippen molar-refractivity contribution in [2.45, 2.75) is 103 Å². The van der Waals surface area contributed by atoms with E-state index in [9.17, 15) is 9.59 Å². The quantitative estimate of drug-likeness (QED) is 0.162. The molecule has 7 rings (SSSR count). The molecular formula is C43H54ClN5O3. The number of halogens is 1. The highest BCUT2D eigenvalue weighted by Crippen LogP contribution is 2.39. The molecule has 276 valence electrons. The first kappa shape index (κ1) is 37.6. The van der Waals surface area contributed by atoms with E-state index in [1.807, 2.05) is 60.7 Å². The van der Waals surface area contributed by atoms with Crippen LogP contribution in [0.1, 0.15) is 90.6 Å². The predicted octanol–water partition coefficient (Wildman–Crippen LogP) is 8.55. The minimum atomic E-state index is -0.127. The van der Waals surface area contributed by atoms with Crippen molar-refractivity contribution < 1.29 is 14.3 Å². The van der Waals surface area contributed by atoms with Gasteiger partial charge in [-0.25, -0.2) is 9.78 Å². The van der Waals surface area contributed by atoms with Crippen LogP contribution in [0.5, 0.6) is 0 Å². The van der Waals surface area contributed by atoms with Crippen molar-refractivity contribution in [1.29, 1.82) is 0 Å². The van der Waals surface area contributed by atoms with Gasteiger partial charge in [0.25, 0.3) is 0 Å². The Kier molecular flexibility index (Phi) is 13.1. The van der Waals surface area contributed by atoms with Crippen molar-refractivity contribution in [2.75, 3.05) is 26.2 Å². The third-order valence-corrected chi connectivity index (χ3v) is 11.0. The molecule has 3 aromatic carbocycles. The lowest BCUT2D eigenvalue weighted by atomic mass is 9.91. The molecule has 0 N–H and O–H groups in total. The van der Waals surface area contributed by atoms with Crippen LogP contribution in [0, 0.1) is 13.8 Å². The number of hydrogen-bond donors (Lipinski definition) is 0. The summed E-state index contributed by atoms with van der Waals surface area (Å²) in [6, 6.07) is 23.6. The maximum absolute atomic E-state index is 13.0. The normalized spacial score (nSPS) is 19.0. The van der Waals surface area contributed by atoms with Crippen LogP contribution >= 0.6 is 11.6 Å². The summed E-state index contributed by atoms with van der Waals surface area (Å²) in [4.78, 5) is 34.5. The molecule has 0 bridgehead atoms. The van der Waals surface area contributed by atoms with Crippen LogP contribution in [0.2, 0.25) is 5.02 Å². The summed E-state index contributed by atoms with van der Waals surface area (Å²) >= 11 is 6.39. The van der Waals surface area contributed by atoms with Crippen LogP contribution in [0.25, 0.3) is 0 Å². The standard InChI is InChI=1S/C28H35ClN2O2.C15H19N3O/c1-19-8-12-25-21(16-19)9-10-22-17-23(29)11-13-26(22)27(25)30-14-15-31(20(2)18-30)28(32)33-24-6-4-3-5-7-24;1-14-10-17(12-16-14)8-5-9-18(13-19)11-15-6-3-2-4-7-15/h8,11-13,16-17,20,24,27H,3-7,9-10,14-15,18H2,1-2H3;2-4,6-7,10,12-13H,5,8-9,11H2,1H3. The molecule has 9 heteroatoms. The number of aromatic nitrogens is 2. The Morgan fingerprint density at radius 2 is 1.69 bits per heavy atom. The molecule has 2 heterocycles. The largest absolute Gasteiger partial charge is 0.446 e. The Bertz CT molecular complexity index is 1720. The van der Waals surface area contributed by atoms with Crippen LogP contribution in [0.4, 0.5) is 4.79 Å². The van der Waals surface area contributed by atoms with Crippen LogP contribution in [-0.4, -0.2) is 75.1 Å². The second kappa shape index (κ2) is 18.1. The summed E-state index contributed by atoms with van der Waals surface area (Å²) in [5.41, 5.74) is 9.01. The van der Waals surface area contributed by atoms with E-state index in [4.69, 9.17) is 16.3 Å². The topological polar surface area (TPSA) is 70.9 Å². The van der Waals surface area contributed by atoms with Gasteiger partial charge in [-0.15, -0.1) is 0 Å². The third kappa shape index (κ3) is 9.84. The highest BCUT2D eigenvalue weighted by atomic mass is 35.5. The van der Waals surface area contributed by atoms with Gasteiger partial charge in [0, 0.05) is 56.5 Å². The van der Waals surface area contributed by atoms with Crippen molar-refractivity contribution in [3.8, 4) is 0 Å². The predicted molar refractivity (Wildman–Crippen MR) is 207 cm³/mol. The first-order valence-electron chi connectivity index (χ1n) is 19.1. The zero-order valence-corrected chi connectivity index (χ0v) is 31.8. The van der Waals surface area contributed by atoms with Gasteiger partial charge in [0.2, 0.25) is 6.41 Å². The summed E-state index contributed by atoms with van der Waals surface area (Å²) < 4.78 is 7.95. The summed E-state index contributed by atoms with van der Waals surface area (Å²) in [5, 5.41) is 0.804. The molecule has 0 spiro atoms. The average molecular weight is 724 g/mol. The van der Waals surface area contributed by atoms with Gasteiger partial charge >= 0.3 is 6.09 Å². The zero-order valence-electron chi connectivity index (χ0n) is 31.1. The number of carbonyl (C=O) groups is 2. The molecule has 1 saturated carbocycles. The maximum atomic E-state index is 13.0. The van der Waals surface area contributed by atoms with Gasteiger partial charge in [-0.05, 0) is 106 Å². The molecular weight excluding hydrogens is 670 g/mol. The number of piperazine rings is 1. The smallest absolute Gasteiger partial charge is 0.410 e. The van der Waals surface area contributed by atoms with E-state index in [0.717, 1.165) is 81.0 Å². The van der Waals surface area contributed by atoms with Gasteiger partial charge in [-0.1, -0.05) is 78.2 Å². The van der Waals surface area contributed by atoms with E-state index in [1.54, 1.807) is 4.90 Å². The Morgan fingerprint density at radius 1 is 0.962 bits per heavy atom. The second-order valence-electron chi connectivity index (χ2n) is 14.8. The molecule has 1 saturated heterocycles. The highest BCUT2D eigenvalue weighted by Gasteiger charge is 2.36. The Balaban J connectivity index is 0.000000208. The molecule has 4 aromatic rings. The molecule has 3 aliphatic rings. The Labute approximate surface area is 314 Å². The highest BCUT2D eigenvalue weighted by molar-refractivity contribution is 6.30. The third-order valence-electron chi connectivity index (χ3n) is 10.7. The zero-order chi connectivity index (χ0) is 36.5. The number of amides is 2. The number of imidazole rings is 1. The molecule has 2 atom stereocenters. The molecule has 0 radical (unpaired) electrons. The Morgan fingerprint density at radius 3 is 2.38 bits per heavy atom. The first-order chi connectivity index (χ1) is 25.3. The van der Waals surface area contributed by atoms with E-state index >= 15 is 0 Å². The number of benzene rings is 3. The summed E-state index contributed by atoms with van der Waals surface area (Å²) in [5.74, 6) is 0.